The van der Waals surface area contributed by atoms with E-state index in [1.54, 1.807) is 0 Å². The molecule has 1 aliphatic rings. The quantitative estimate of drug-likeness (QED) is 0.823. The Kier molecular flexibility index (Phi) is 6.01. The second kappa shape index (κ2) is 7.77. The van der Waals surface area contributed by atoms with E-state index in [-0.39, 0.29) is 12.0 Å². The number of amides is 1. The largest absolute Gasteiger partial charge is 0.375 e. The minimum atomic E-state index is 0.151. The number of benzene rings is 1. The topological polar surface area (TPSA) is 29.5 Å². The number of hydrogen-bond acceptors (Lipinski definition) is 2. The van der Waals surface area contributed by atoms with Gasteiger partial charge in [0.05, 0.1) is 12.7 Å². The van der Waals surface area contributed by atoms with Crippen molar-refractivity contribution >= 4 is 5.91 Å². The third-order valence-electron chi connectivity index (χ3n) is 4.36. The molecule has 0 aliphatic carbocycles. The molecule has 0 N–H and O–H groups in total. The third kappa shape index (κ3) is 4.57. The maximum absolute atomic E-state index is 12.8. The average molecular weight is 303 g/mol. The van der Waals surface area contributed by atoms with Crippen LogP contribution in [0.4, 0.5) is 0 Å². The fourth-order valence-electron chi connectivity index (χ4n) is 2.97. The molecule has 0 unspecified atom stereocenters. The van der Waals surface area contributed by atoms with Gasteiger partial charge in [-0.3, -0.25) is 4.79 Å². The zero-order chi connectivity index (χ0) is 16.1. The zero-order valence-electron chi connectivity index (χ0n) is 14.4. The summed E-state index contributed by atoms with van der Waals surface area (Å²) in [5.41, 5.74) is 3.02. The van der Waals surface area contributed by atoms with Gasteiger partial charge in [-0.05, 0) is 37.8 Å². The molecule has 0 bridgehead atoms. The van der Waals surface area contributed by atoms with Gasteiger partial charge in [-0.1, -0.05) is 44.4 Å². The van der Waals surface area contributed by atoms with Gasteiger partial charge in [0.15, 0.2) is 0 Å². The van der Waals surface area contributed by atoms with E-state index in [0.717, 1.165) is 35.6 Å². The van der Waals surface area contributed by atoms with Crippen molar-refractivity contribution in [1.82, 2.24) is 4.90 Å². The fourth-order valence-corrected chi connectivity index (χ4v) is 2.97. The minimum Gasteiger partial charge on any atom is -0.375 e. The average Bonchev–Trinajstić information content (AvgIpc) is 2.49. The first-order valence-corrected chi connectivity index (χ1v) is 8.45. The lowest BCUT2D eigenvalue weighted by molar-refractivity contribution is -0.0260. The van der Waals surface area contributed by atoms with Crippen LogP contribution in [-0.4, -0.2) is 36.6 Å². The summed E-state index contributed by atoms with van der Waals surface area (Å²) in [7, 11) is 0. The van der Waals surface area contributed by atoms with Crippen LogP contribution in [0.15, 0.2) is 18.2 Å². The van der Waals surface area contributed by atoms with Crippen LogP contribution in [0.2, 0.25) is 0 Å². The van der Waals surface area contributed by atoms with Crippen molar-refractivity contribution in [1.29, 1.82) is 0 Å². The Morgan fingerprint density at radius 1 is 1.36 bits per heavy atom. The minimum absolute atomic E-state index is 0.151. The summed E-state index contributed by atoms with van der Waals surface area (Å²) in [5.74, 6) is 0.884. The highest BCUT2D eigenvalue weighted by Gasteiger charge is 2.25. The smallest absolute Gasteiger partial charge is 0.254 e. The van der Waals surface area contributed by atoms with Crippen LogP contribution in [0, 0.1) is 19.8 Å². The molecule has 1 atom stereocenters. The highest BCUT2D eigenvalue weighted by Crippen LogP contribution is 2.18. The van der Waals surface area contributed by atoms with E-state index < -0.39 is 0 Å². The lowest BCUT2D eigenvalue weighted by Gasteiger charge is -2.33. The Hall–Kier alpha value is -1.35. The van der Waals surface area contributed by atoms with Gasteiger partial charge in [-0.25, -0.2) is 0 Å². The molecule has 0 saturated carbocycles. The monoisotopic (exact) mass is 303 g/mol. The van der Waals surface area contributed by atoms with Crippen LogP contribution in [0.1, 0.15) is 54.6 Å². The number of morpholine rings is 1. The van der Waals surface area contributed by atoms with Crippen LogP contribution in [-0.2, 0) is 4.74 Å². The third-order valence-corrected chi connectivity index (χ3v) is 4.36. The Balaban J connectivity index is 1.96. The summed E-state index contributed by atoms with van der Waals surface area (Å²) in [6, 6.07) is 6.09. The zero-order valence-corrected chi connectivity index (χ0v) is 14.4. The lowest BCUT2D eigenvalue weighted by atomic mass is 10.0. The normalized spacial score (nSPS) is 18.8. The van der Waals surface area contributed by atoms with Crippen molar-refractivity contribution in [3.8, 4) is 0 Å². The van der Waals surface area contributed by atoms with Crippen LogP contribution >= 0.6 is 0 Å². The van der Waals surface area contributed by atoms with E-state index in [1.165, 1.54) is 12.8 Å². The first-order valence-electron chi connectivity index (χ1n) is 8.45. The van der Waals surface area contributed by atoms with Gasteiger partial charge in [0.1, 0.15) is 0 Å². The molecule has 1 fully saturated rings. The lowest BCUT2D eigenvalue weighted by Crippen LogP contribution is -2.45. The molecule has 1 heterocycles. The molecule has 1 aliphatic heterocycles. The van der Waals surface area contributed by atoms with E-state index in [0.29, 0.717) is 13.2 Å². The molecule has 3 nitrogen and oxygen atoms in total. The molecule has 122 valence electrons. The maximum Gasteiger partial charge on any atom is 0.254 e. The molecule has 1 saturated heterocycles. The van der Waals surface area contributed by atoms with Crippen molar-refractivity contribution in [3.63, 3.8) is 0 Å². The Labute approximate surface area is 134 Å². The summed E-state index contributed by atoms with van der Waals surface area (Å²) in [4.78, 5) is 14.7. The second-order valence-corrected chi connectivity index (χ2v) is 6.89. The molecular formula is C19H29NO2. The summed E-state index contributed by atoms with van der Waals surface area (Å²) >= 11 is 0. The maximum atomic E-state index is 12.8. The highest BCUT2D eigenvalue weighted by molar-refractivity contribution is 5.95. The van der Waals surface area contributed by atoms with E-state index in [2.05, 4.69) is 19.9 Å². The van der Waals surface area contributed by atoms with Crippen molar-refractivity contribution in [2.75, 3.05) is 19.7 Å². The van der Waals surface area contributed by atoms with Crippen molar-refractivity contribution in [2.24, 2.45) is 5.92 Å². The summed E-state index contributed by atoms with van der Waals surface area (Å²) in [6.07, 6.45) is 3.65. The summed E-state index contributed by atoms with van der Waals surface area (Å²) in [5, 5.41) is 0. The van der Waals surface area contributed by atoms with Crippen molar-refractivity contribution < 1.29 is 9.53 Å². The molecule has 1 aromatic rings. The van der Waals surface area contributed by atoms with Gasteiger partial charge in [0, 0.05) is 18.7 Å². The van der Waals surface area contributed by atoms with Gasteiger partial charge in [-0.2, -0.15) is 0 Å². The first-order chi connectivity index (χ1) is 10.5. The molecule has 0 aromatic heterocycles. The number of carbonyl (C=O) groups excluding carboxylic acids is 1. The van der Waals surface area contributed by atoms with Gasteiger partial charge in [0.25, 0.3) is 5.91 Å². The van der Waals surface area contributed by atoms with E-state index >= 15 is 0 Å². The molecule has 1 aromatic carbocycles. The summed E-state index contributed by atoms with van der Waals surface area (Å²) < 4.78 is 5.84. The number of rotatable bonds is 5. The Bertz CT molecular complexity index is 510. The van der Waals surface area contributed by atoms with Gasteiger partial charge in [0.2, 0.25) is 0 Å². The predicted octanol–water partition coefficient (Wildman–Crippen LogP) is 3.97. The number of hydrogen-bond donors (Lipinski definition) is 0. The van der Waals surface area contributed by atoms with E-state index in [9.17, 15) is 4.79 Å². The molecule has 2 rings (SSSR count). The Morgan fingerprint density at radius 2 is 2.14 bits per heavy atom. The van der Waals surface area contributed by atoms with Crippen molar-refractivity contribution in [2.45, 2.75) is 53.1 Å². The highest BCUT2D eigenvalue weighted by atomic mass is 16.5. The van der Waals surface area contributed by atoms with Crippen LogP contribution in [0.25, 0.3) is 0 Å². The predicted molar refractivity (Wildman–Crippen MR) is 90.2 cm³/mol. The van der Waals surface area contributed by atoms with Crippen LogP contribution in [0.5, 0.6) is 0 Å². The first kappa shape index (κ1) is 17.0. The number of aryl methyl sites for hydroxylation is 2. The molecular weight excluding hydrogens is 274 g/mol. The van der Waals surface area contributed by atoms with Gasteiger partial charge < -0.3 is 9.64 Å². The Morgan fingerprint density at radius 3 is 2.86 bits per heavy atom. The second-order valence-electron chi connectivity index (χ2n) is 6.89. The molecule has 3 heteroatoms. The standard InChI is InChI=1S/C19H29NO2/c1-14(2)6-5-7-17-13-20(10-11-22-17)19(21)18-12-15(3)8-9-16(18)4/h8-9,12,14,17H,5-7,10-11,13H2,1-4H3/t17-/m1/s1. The van der Waals surface area contributed by atoms with Gasteiger partial charge in [-0.15, -0.1) is 0 Å². The summed E-state index contributed by atoms with van der Waals surface area (Å²) in [6.45, 7) is 10.6. The van der Waals surface area contributed by atoms with Crippen molar-refractivity contribution in [3.05, 3.63) is 34.9 Å². The molecule has 22 heavy (non-hydrogen) atoms. The van der Waals surface area contributed by atoms with E-state index in [4.69, 9.17) is 4.74 Å². The SMILES string of the molecule is Cc1ccc(C)c(C(=O)N2CCO[C@H](CCCC(C)C)C2)c1. The number of nitrogens with zero attached hydrogens (tertiary/aromatic N) is 1. The van der Waals surface area contributed by atoms with Crippen LogP contribution in [0.3, 0.4) is 0 Å². The number of carbonyl (C=O) groups is 1. The molecule has 0 radical (unpaired) electrons. The van der Waals surface area contributed by atoms with E-state index in [1.807, 2.05) is 30.9 Å². The van der Waals surface area contributed by atoms with Crippen LogP contribution < -0.4 is 0 Å². The fraction of sp³-hybridized carbons (Fsp3) is 0.632. The van der Waals surface area contributed by atoms with Gasteiger partial charge >= 0.3 is 0 Å². The molecule has 0 spiro atoms. The molecule has 1 amide bonds. The number of ether oxygens (including phenoxy) is 1.